The Morgan fingerprint density at radius 2 is 1.70 bits per heavy atom. The summed E-state index contributed by atoms with van der Waals surface area (Å²) in [4.78, 5) is 36.9. The number of hydrogen-bond acceptors (Lipinski definition) is 5. The molecular weight excluding hydrogens is 531 g/mol. The maximum absolute atomic E-state index is 12.8. The van der Waals surface area contributed by atoms with Crippen molar-refractivity contribution in [3.63, 3.8) is 0 Å². The van der Waals surface area contributed by atoms with E-state index in [0.29, 0.717) is 19.1 Å². The number of fused-ring (bicyclic) bond motifs is 5. The number of piperazine rings is 1. The van der Waals surface area contributed by atoms with Crippen molar-refractivity contribution in [2.45, 2.75) is 39.7 Å². The van der Waals surface area contributed by atoms with Crippen molar-refractivity contribution >= 4 is 41.8 Å². The molecule has 4 aliphatic rings. The van der Waals surface area contributed by atoms with Gasteiger partial charge in [-0.25, -0.2) is 0 Å². The average molecular weight is 573 g/mol. The molecule has 2 heterocycles. The molecule has 5 atom stereocenters. The third-order valence-electron chi connectivity index (χ3n) is 7.75. The van der Waals surface area contributed by atoms with Crippen molar-refractivity contribution in [1.29, 1.82) is 0 Å². The van der Waals surface area contributed by atoms with Crippen LogP contribution in [0, 0.1) is 23.7 Å². The van der Waals surface area contributed by atoms with E-state index in [-0.39, 0.29) is 59.5 Å². The third kappa shape index (κ3) is 5.73. The van der Waals surface area contributed by atoms with E-state index in [1.165, 1.54) is 4.90 Å². The van der Waals surface area contributed by atoms with Crippen LogP contribution < -0.4 is 10.6 Å². The highest BCUT2D eigenvalue weighted by atomic mass is 127. The van der Waals surface area contributed by atoms with Crippen molar-refractivity contribution in [3.8, 4) is 0 Å². The molecule has 33 heavy (non-hydrogen) atoms. The summed E-state index contributed by atoms with van der Waals surface area (Å²) < 4.78 is 0. The monoisotopic (exact) mass is 572 g/mol. The predicted molar refractivity (Wildman–Crippen MR) is 142 cm³/mol. The van der Waals surface area contributed by atoms with Crippen molar-refractivity contribution in [2.75, 3.05) is 58.9 Å². The number of allylic oxidation sites excluding steroid dienone is 2. The van der Waals surface area contributed by atoms with Crippen LogP contribution in [0.5, 0.6) is 0 Å². The number of nitrogens with zero attached hydrogens (tertiary/aromatic N) is 4. The summed E-state index contributed by atoms with van der Waals surface area (Å²) in [6.45, 7) is 14.9. The second kappa shape index (κ2) is 12.0. The lowest BCUT2D eigenvalue weighted by atomic mass is 9.85. The molecule has 186 valence electrons. The van der Waals surface area contributed by atoms with Gasteiger partial charge >= 0.3 is 0 Å². The first kappa shape index (κ1) is 26.4. The summed E-state index contributed by atoms with van der Waals surface area (Å²) in [5, 5.41) is 6.69. The lowest BCUT2D eigenvalue weighted by Gasteiger charge is -2.37. The van der Waals surface area contributed by atoms with E-state index in [1.54, 1.807) is 0 Å². The van der Waals surface area contributed by atoms with E-state index in [0.717, 1.165) is 64.6 Å². The van der Waals surface area contributed by atoms with Crippen LogP contribution in [-0.2, 0) is 9.59 Å². The Hall–Kier alpha value is -1.20. The summed E-state index contributed by atoms with van der Waals surface area (Å²) in [5.41, 5.74) is 0. The Morgan fingerprint density at radius 3 is 2.27 bits per heavy atom. The molecule has 5 unspecified atom stereocenters. The van der Waals surface area contributed by atoms with Gasteiger partial charge in [0.1, 0.15) is 0 Å². The summed E-state index contributed by atoms with van der Waals surface area (Å²) in [6, 6.07) is 0.410. The number of rotatable bonds is 9. The average Bonchev–Trinajstić information content (AvgIpc) is 3.49. The number of hydrogen-bond donors (Lipinski definition) is 2. The number of carbonyl (C=O) groups is 2. The third-order valence-corrected chi connectivity index (χ3v) is 7.75. The van der Waals surface area contributed by atoms with E-state index in [9.17, 15) is 9.59 Å². The van der Waals surface area contributed by atoms with Crippen molar-refractivity contribution < 1.29 is 9.59 Å². The van der Waals surface area contributed by atoms with Gasteiger partial charge in [0, 0.05) is 51.9 Å². The van der Waals surface area contributed by atoms with Gasteiger partial charge in [0.25, 0.3) is 0 Å². The number of carbonyl (C=O) groups excluding carboxylic acids is 2. The highest BCUT2D eigenvalue weighted by molar-refractivity contribution is 14.0. The topological polar surface area (TPSA) is 80.3 Å². The summed E-state index contributed by atoms with van der Waals surface area (Å²) in [6.07, 6.45) is 6.01. The van der Waals surface area contributed by atoms with Crippen LogP contribution in [0.25, 0.3) is 0 Å². The Balaban J connectivity index is 0.00000306. The maximum atomic E-state index is 12.8. The first-order valence-corrected chi connectivity index (χ1v) is 12.6. The van der Waals surface area contributed by atoms with Gasteiger partial charge in [-0.2, -0.15) is 0 Å². The van der Waals surface area contributed by atoms with Gasteiger partial charge < -0.3 is 15.5 Å². The highest BCUT2D eigenvalue weighted by Gasteiger charge is 2.58. The molecule has 3 fully saturated rings. The van der Waals surface area contributed by atoms with Gasteiger partial charge in [-0.3, -0.25) is 24.4 Å². The van der Waals surface area contributed by atoms with Gasteiger partial charge in [-0.15, -0.1) is 24.0 Å². The fraction of sp³-hybridized carbons (Fsp3) is 0.792. The summed E-state index contributed by atoms with van der Waals surface area (Å²) in [7, 11) is 0. The second-order valence-corrected chi connectivity index (χ2v) is 9.65. The largest absolute Gasteiger partial charge is 0.357 e. The molecule has 0 aromatic rings. The van der Waals surface area contributed by atoms with Crippen LogP contribution in [0.4, 0.5) is 0 Å². The van der Waals surface area contributed by atoms with Crippen LogP contribution in [0.15, 0.2) is 17.1 Å². The fourth-order valence-electron chi connectivity index (χ4n) is 5.83. The number of amides is 2. The zero-order valence-electron chi connectivity index (χ0n) is 20.3. The summed E-state index contributed by atoms with van der Waals surface area (Å²) >= 11 is 0. The molecule has 0 spiro atoms. The Morgan fingerprint density at radius 1 is 1.06 bits per heavy atom. The van der Waals surface area contributed by atoms with Crippen LogP contribution >= 0.6 is 24.0 Å². The summed E-state index contributed by atoms with van der Waals surface area (Å²) in [5.74, 6) is 1.29. The van der Waals surface area contributed by atoms with E-state index < -0.39 is 0 Å². The lowest BCUT2D eigenvalue weighted by Crippen LogP contribution is -2.50. The van der Waals surface area contributed by atoms with Crippen molar-refractivity contribution in [1.82, 2.24) is 25.3 Å². The zero-order chi connectivity index (χ0) is 22.7. The fourth-order valence-corrected chi connectivity index (χ4v) is 5.83. The molecule has 2 amide bonds. The van der Waals surface area contributed by atoms with Crippen LogP contribution in [0.3, 0.4) is 0 Å². The number of guanidine groups is 1. The molecule has 0 aromatic heterocycles. The lowest BCUT2D eigenvalue weighted by molar-refractivity contribution is -0.140. The van der Waals surface area contributed by atoms with Gasteiger partial charge in [-0.1, -0.05) is 19.1 Å². The van der Waals surface area contributed by atoms with Gasteiger partial charge in [0.2, 0.25) is 11.8 Å². The minimum Gasteiger partial charge on any atom is -0.357 e. The maximum Gasteiger partial charge on any atom is 0.233 e. The standard InChI is InChI=1S/C24H40N6O2.HI/c1-4-25-24(27-16-17(3)29-13-11-28(5-2)12-14-29)26-9-6-10-30-22(31)20-18-7-8-19(15-18)21(20)23(30)32;/h7-8,17-21H,4-6,9-16H2,1-3H3,(H2,25,26,27);1H. The SMILES string of the molecule is CCNC(=NCC(C)N1CCN(CC)CC1)NCCCN1C(=O)C2C3C=CC(C3)C2C1=O.I. The minimum absolute atomic E-state index is 0. The molecule has 2 aliphatic carbocycles. The minimum atomic E-state index is -0.0926. The second-order valence-electron chi connectivity index (χ2n) is 9.65. The number of nitrogens with one attached hydrogen (secondary N) is 2. The molecule has 4 rings (SSSR count). The van der Waals surface area contributed by atoms with E-state index in [4.69, 9.17) is 4.99 Å². The molecule has 2 aliphatic heterocycles. The number of likely N-dealkylation sites (tertiary alicyclic amines) is 1. The first-order valence-electron chi connectivity index (χ1n) is 12.6. The van der Waals surface area contributed by atoms with Crippen molar-refractivity contribution in [3.05, 3.63) is 12.2 Å². The number of likely N-dealkylation sites (N-methyl/N-ethyl adjacent to an activating group) is 1. The number of imide groups is 1. The van der Waals surface area contributed by atoms with Gasteiger partial charge in [-0.05, 0) is 45.1 Å². The molecule has 2 bridgehead atoms. The predicted octanol–water partition coefficient (Wildman–Crippen LogP) is 1.38. The molecule has 0 aromatic carbocycles. The van der Waals surface area contributed by atoms with E-state index >= 15 is 0 Å². The molecule has 2 N–H and O–H groups in total. The van der Waals surface area contributed by atoms with Crippen LogP contribution in [0.1, 0.15) is 33.6 Å². The number of aliphatic imine (C=N–C) groups is 1. The Labute approximate surface area is 215 Å². The number of halogens is 1. The van der Waals surface area contributed by atoms with Gasteiger partial charge in [0.15, 0.2) is 5.96 Å². The first-order chi connectivity index (χ1) is 15.5. The Bertz CT molecular complexity index is 721. The smallest absolute Gasteiger partial charge is 0.233 e. The van der Waals surface area contributed by atoms with Crippen molar-refractivity contribution in [2.24, 2.45) is 28.7 Å². The molecule has 8 nitrogen and oxygen atoms in total. The van der Waals surface area contributed by atoms with Gasteiger partial charge in [0.05, 0.1) is 18.4 Å². The molecule has 2 saturated heterocycles. The molecule has 1 saturated carbocycles. The molecule has 0 radical (unpaired) electrons. The molecule has 9 heteroatoms. The molecular formula is C24H41IN6O2. The van der Waals surface area contributed by atoms with Crippen LogP contribution in [-0.4, -0.2) is 97.4 Å². The highest BCUT2D eigenvalue weighted by Crippen LogP contribution is 2.52. The Kier molecular flexibility index (Phi) is 9.58. The van der Waals surface area contributed by atoms with E-state index in [2.05, 4.69) is 53.4 Å². The normalized spacial score (nSPS) is 30.5. The van der Waals surface area contributed by atoms with Crippen LogP contribution in [0.2, 0.25) is 0 Å². The zero-order valence-corrected chi connectivity index (χ0v) is 22.7. The quantitative estimate of drug-likeness (QED) is 0.109. The van der Waals surface area contributed by atoms with E-state index in [1.807, 2.05) is 0 Å².